The van der Waals surface area contributed by atoms with Crippen molar-refractivity contribution in [1.29, 1.82) is 0 Å². The fourth-order valence-corrected chi connectivity index (χ4v) is 4.93. The first-order valence-electron chi connectivity index (χ1n) is 12.8. The van der Waals surface area contributed by atoms with Crippen molar-refractivity contribution in [3.63, 3.8) is 0 Å². The Kier molecular flexibility index (Phi) is 15.8. The smallest absolute Gasteiger partial charge is 1.00 e. The Bertz CT molecular complexity index is 1260. The normalized spacial score (nSPS) is 15.8. The maximum absolute atomic E-state index is 13.6. The molecule has 0 amide bonds. The van der Waals surface area contributed by atoms with Gasteiger partial charge in [0.25, 0.3) is 0 Å². The molecule has 4 aromatic rings. The summed E-state index contributed by atoms with van der Waals surface area (Å²) in [7, 11) is 0. The summed E-state index contributed by atoms with van der Waals surface area (Å²) in [6.07, 6.45) is 21.2. The van der Waals surface area contributed by atoms with Crippen molar-refractivity contribution >= 4 is 40.4 Å². The van der Waals surface area contributed by atoms with E-state index in [0.29, 0.717) is 23.0 Å². The second-order valence-electron chi connectivity index (χ2n) is 9.40. The zero-order valence-corrected chi connectivity index (χ0v) is 23.7. The average molecular weight is 571 g/mol. The summed E-state index contributed by atoms with van der Waals surface area (Å²) in [5, 5.41) is 10.5. The number of aromatic nitrogens is 4. The first-order valence-corrected chi connectivity index (χ1v) is 12.8. The molecule has 0 radical (unpaired) electrons. The molecule has 4 heterocycles. The molecule has 2 saturated carbocycles. The second-order valence-corrected chi connectivity index (χ2v) is 9.40. The molecule has 2 fully saturated rings. The fourth-order valence-electron chi connectivity index (χ4n) is 4.93. The van der Waals surface area contributed by atoms with E-state index in [9.17, 15) is 18.7 Å². The van der Waals surface area contributed by atoms with Gasteiger partial charge in [0.15, 0.2) is 6.29 Å². The van der Waals surface area contributed by atoms with E-state index in [1.54, 1.807) is 16.8 Å². The standard InChI is InChI=1S/C14H17FN2O.C8H5FN2O.C6H11.CH4.ClH.Mg/c15-11-6-7-12(17-9-16-8-13(11)17)14(18)10-4-2-1-3-5-10;9-7-2-1-6(4-12)11-5-10-3-8(7)11;1-2-4-6-5-3-1;;;/h6-10,14,18H,1-5H2;1-5H;1H,2-6H2;1H4;1H;/q;;-1;;;+2/p-1. The summed E-state index contributed by atoms with van der Waals surface area (Å²) < 4.78 is 29.6. The van der Waals surface area contributed by atoms with Crippen molar-refractivity contribution in [1.82, 2.24) is 18.8 Å². The molecule has 0 spiro atoms. The topological polar surface area (TPSA) is 71.9 Å². The van der Waals surface area contributed by atoms with Gasteiger partial charge in [-0.1, -0.05) is 46.0 Å². The van der Waals surface area contributed by atoms with E-state index < -0.39 is 6.10 Å². The summed E-state index contributed by atoms with van der Waals surface area (Å²) in [6, 6.07) is 5.75. The minimum Gasteiger partial charge on any atom is -1.00 e. The van der Waals surface area contributed by atoms with E-state index in [4.69, 9.17) is 0 Å². The Hall–Kier alpha value is -2.07. The van der Waals surface area contributed by atoms with E-state index in [1.807, 2.05) is 0 Å². The Labute approximate surface area is 251 Å². The van der Waals surface area contributed by atoms with E-state index in [-0.39, 0.29) is 60.4 Å². The summed E-state index contributed by atoms with van der Waals surface area (Å²) in [4.78, 5) is 18.2. The van der Waals surface area contributed by atoms with E-state index in [2.05, 4.69) is 16.4 Å². The van der Waals surface area contributed by atoms with Crippen molar-refractivity contribution in [2.24, 2.45) is 5.92 Å². The van der Waals surface area contributed by atoms with Crippen LogP contribution in [0.4, 0.5) is 8.78 Å². The second kappa shape index (κ2) is 17.6. The van der Waals surface area contributed by atoms with E-state index in [1.165, 1.54) is 92.7 Å². The monoisotopic (exact) mass is 570 g/mol. The minimum absolute atomic E-state index is 0. The van der Waals surface area contributed by atoms with Gasteiger partial charge in [-0.2, -0.15) is 12.8 Å². The maximum atomic E-state index is 13.6. The SMILES string of the molecule is C.O=Cc1ccc(F)c2cncn12.OC(c1ccc(F)c2cncn12)C1CCCCC1.[CH-]1CCCCC1.[Cl-].[Mg+2]. The molecule has 1 N–H and O–H groups in total. The molecule has 4 aromatic heterocycles. The quantitative estimate of drug-likeness (QED) is 0.231. The summed E-state index contributed by atoms with van der Waals surface area (Å²) in [5.41, 5.74) is 1.89. The number of aldehydes is 1. The number of aliphatic hydroxyl groups excluding tert-OH is 1. The number of carbonyl (C=O) groups excluding carboxylic acids is 1. The van der Waals surface area contributed by atoms with Crippen LogP contribution in [0.1, 0.15) is 93.9 Å². The minimum atomic E-state index is -0.525. The van der Waals surface area contributed by atoms with Gasteiger partial charge in [-0.05, 0) is 43.0 Å². The van der Waals surface area contributed by atoms with Gasteiger partial charge in [0.05, 0.1) is 42.5 Å². The average Bonchev–Trinajstić information content (AvgIpc) is 3.63. The van der Waals surface area contributed by atoms with Gasteiger partial charge in [0.2, 0.25) is 0 Å². The number of nitrogens with zero attached hydrogens (tertiary/aromatic N) is 4. The molecule has 6 nitrogen and oxygen atoms in total. The Balaban J connectivity index is 0.000000315. The van der Waals surface area contributed by atoms with Crippen LogP contribution in [0, 0.1) is 24.0 Å². The number of aliphatic hydroxyl groups is 1. The first-order chi connectivity index (χ1) is 17.6. The number of carbonyl (C=O) groups is 1. The third kappa shape index (κ3) is 8.96. The third-order valence-corrected chi connectivity index (χ3v) is 6.96. The van der Waals surface area contributed by atoms with Gasteiger partial charge in [0.1, 0.15) is 22.7 Å². The zero-order chi connectivity index (χ0) is 25.3. The van der Waals surface area contributed by atoms with Gasteiger partial charge in [-0.3, -0.25) is 13.6 Å². The van der Waals surface area contributed by atoms with E-state index in [0.717, 1.165) is 18.5 Å². The van der Waals surface area contributed by atoms with Crippen molar-refractivity contribution in [2.75, 3.05) is 0 Å². The summed E-state index contributed by atoms with van der Waals surface area (Å²) >= 11 is 0. The molecule has 0 saturated heterocycles. The fraction of sp³-hybridized carbons (Fsp3) is 0.448. The molecular formula is C29H37ClF2MgN4O2. The van der Waals surface area contributed by atoms with Gasteiger partial charge in [-0.25, -0.2) is 18.7 Å². The van der Waals surface area contributed by atoms with Crippen LogP contribution in [0.25, 0.3) is 11.0 Å². The van der Waals surface area contributed by atoms with Crippen LogP contribution in [0.15, 0.2) is 49.3 Å². The van der Waals surface area contributed by atoms with Gasteiger partial charge < -0.3 is 23.9 Å². The van der Waals surface area contributed by atoms with Crippen LogP contribution in [0.5, 0.6) is 0 Å². The number of fused-ring (bicyclic) bond motifs is 2. The molecule has 208 valence electrons. The van der Waals surface area contributed by atoms with Crippen molar-refractivity contribution in [3.8, 4) is 0 Å². The number of hydrogen-bond donors (Lipinski definition) is 1. The first kappa shape index (κ1) is 35.0. The summed E-state index contributed by atoms with van der Waals surface area (Å²) in [5.74, 6) is -0.389. The zero-order valence-electron chi connectivity index (χ0n) is 21.5. The molecule has 0 bridgehead atoms. The third-order valence-electron chi connectivity index (χ3n) is 6.96. The Morgan fingerprint density at radius 1 is 0.872 bits per heavy atom. The summed E-state index contributed by atoms with van der Waals surface area (Å²) in [6.45, 7) is 0. The van der Waals surface area contributed by atoms with Crippen molar-refractivity contribution in [3.05, 3.63) is 78.8 Å². The molecule has 6 rings (SSSR count). The number of pyridine rings is 2. The van der Waals surface area contributed by atoms with Gasteiger partial charge in [0, 0.05) is 0 Å². The molecule has 2 aliphatic carbocycles. The molecule has 2 aliphatic rings. The molecule has 1 unspecified atom stereocenters. The number of imidazole rings is 2. The number of rotatable bonds is 3. The van der Waals surface area contributed by atoms with Gasteiger partial charge in [-0.15, -0.1) is 0 Å². The van der Waals surface area contributed by atoms with Crippen LogP contribution in [-0.4, -0.2) is 53.2 Å². The predicted molar refractivity (Wildman–Crippen MR) is 147 cm³/mol. The van der Waals surface area contributed by atoms with Crippen LogP contribution in [0.3, 0.4) is 0 Å². The molecule has 0 aliphatic heterocycles. The van der Waals surface area contributed by atoms with Crippen molar-refractivity contribution in [2.45, 2.75) is 77.7 Å². The molecule has 10 heteroatoms. The molecule has 1 atom stereocenters. The number of hydrogen-bond acceptors (Lipinski definition) is 4. The molecule has 0 aromatic carbocycles. The van der Waals surface area contributed by atoms with Crippen molar-refractivity contribution < 1.29 is 31.1 Å². The van der Waals surface area contributed by atoms with Crippen LogP contribution in [0.2, 0.25) is 0 Å². The van der Waals surface area contributed by atoms with Gasteiger partial charge >= 0.3 is 23.1 Å². The van der Waals surface area contributed by atoms with E-state index >= 15 is 0 Å². The number of halogens is 3. The predicted octanol–water partition coefficient (Wildman–Crippen LogP) is 3.79. The Morgan fingerprint density at radius 3 is 1.95 bits per heavy atom. The van der Waals surface area contributed by atoms with Crippen LogP contribution < -0.4 is 12.4 Å². The van der Waals surface area contributed by atoms with Crippen LogP contribution >= 0.6 is 0 Å². The largest absolute Gasteiger partial charge is 2.00 e. The Morgan fingerprint density at radius 2 is 1.41 bits per heavy atom. The maximum Gasteiger partial charge on any atom is 2.00 e. The molecule has 39 heavy (non-hydrogen) atoms. The molecular weight excluding hydrogens is 534 g/mol. The van der Waals surface area contributed by atoms with Crippen LogP contribution in [-0.2, 0) is 0 Å².